The molecule has 2 aromatic rings. The molecule has 8 nitrogen and oxygen atoms in total. The van der Waals surface area contributed by atoms with Crippen LogP contribution in [0.1, 0.15) is 53.4 Å². The third-order valence-electron chi connectivity index (χ3n) is 6.88. The Balaban J connectivity index is 0.000000187. The van der Waals surface area contributed by atoms with Crippen LogP contribution in [0.3, 0.4) is 0 Å². The molecule has 0 radical (unpaired) electrons. The average molecular weight is 563 g/mol. The van der Waals surface area contributed by atoms with Crippen LogP contribution in [-0.2, 0) is 18.8 Å². The first-order valence-corrected chi connectivity index (χ1v) is 13.4. The molecule has 5 heterocycles. The molecular formula is C26H36BBrN2O6. The van der Waals surface area contributed by atoms with E-state index in [9.17, 15) is 0 Å². The average Bonchev–Trinajstić information content (AvgIpc) is 3.08. The second-order valence-corrected chi connectivity index (χ2v) is 11.2. The van der Waals surface area contributed by atoms with Crippen molar-refractivity contribution in [3.8, 4) is 11.5 Å². The van der Waals surface area contributed by atoms with Gasteiger partial charge in [-0.25, -0.2) is 0 Å². The molecule has 0 saturated carbocycles. The van der Waals surface area contributed by atoms with Crippen LogP contribution >= 0.6 is 15.9 Å². The Morgan fingerprint density at radius 1 is 0.750 bits per heavy atom. The maximum absolute atomic E-state index is 6.06. The molecule has 3 aliphatic rings. The van der Waals surface area contributed by atoms with Crippen molar-refractivity contribution in [3.63, 3.8) is 0 Å². The highest BCUT2D eigenvalue weighted by molar-refractivity contribution is 9.10. The van der Waals surface area contributed by atoms with Crippen LogP contribution in [0, 0.1) is 0 Å². The highest BCUT2D eigenvalue weighted by Crippen LogP contribution is 2.36. The van der Waals surface area contributed by atoms with Gasteiger partial charge in [0.1, 0.15) is 23.7 Å². The molecule has 0 unspecified atom stereocenters. The van der Waals surface area contributed by atoms with Crippen molar-refractivity contribution in [2.24, 2.45) is 0 Å². The first-order chi connectivity index (χ1) is 17.2. The fourth-order valence-electron chi connectivity index (χ4n) is 4.04. The molecule has 5 rings (SSSR count). The molecule has 0 aromatic carbocycles. The molecule has 10 heteroatoms. The van der Waals surface area contributed by atoms with Gasteiger partial charge in [-0.3, -0.25) is 9.97 Å². The van der Waals surface area contributed by atoms with Crippen LogP contribution in [0.15, 0.2) is 41.4 Å². The van der Waals surface area contributed by atoms with E-state index in [1.807, 2.05) is 39.8 Å². The summed E-state index contributed by atoms with van der Waals surface area (Å²) in [7, 11) is -0.407. The van der Waals surface area contributed by atoms with E-state index in [4.69, 9.17) is 28.3 Å². The summed E-state index contributed by atoms with van der Waals surface area (Å²) in [5, 5.41) is 0. The summed E-state index contributed by atoms with van der Waals surface area (Å²) in [5.74, 6) is 1.59. The number of rotatable bonds is 5. The van der Waals surface area contributed by atoms with Crippen LogP contribution in [0.2, 0.25) is 0 Å². The molecule has 0 N–H and O–H groups in total. The van der Waals surface area contributed by atoms with E-state index in [-0.39, 0.29) is 23.4 Å². The summed E-state index contributed by atoms with van der Waals surface area (Å²) in [5.41, 5.74) is 0.188. The number of hydrogen-bond acceptors (Lipinski definition) is 8. The number of ether oxygens (including phenoxy) is 4. The Morgan fingerprint density at radius 3 is 1.72 bits per heavy atom. The van der Waals surface area contributed by atoms with Gasteiger partial charge < -0.3 is 28.3 Å². The maximum atomic E-state index is 6.06. The van der Waals surface area contributed by atoms with Crippen LogP contribution < -0.4 is 14.9 Å². The molecule has 0 bridgehead atoms. The summed E-state index contributed by atoms with van der Waals surface area (Å²) in [4.78, 5) is 8.32. The second-order valence-electron chi connectivity index (χ2n) is 10.2. The van der Waals surface area contributed by atoms with Gasteiger partial charge in [-0.05, 0) is 55.8 Å². The number of halogens is 1. The lowest BCUT2D eigenvalue weighted by molar-refractivity contribution is 0.00578. The largest absolute Gasteiger partial charge is 0.496 e. The van der Waals surface area contributed by atoms with Gasteiger partial charge in [-0.1, -0.05) is 0 Å². The van der Waals surface area contributed by atoms with Crippen molar-refractivity contribution in [2.75, 3.05) is 26.4 Å². The molecule has 0 atom stereocenters. The van der Waals surface area contributed by atoms with E-state index >= 15 is 0 Å². The van der Waals surface area contributed by atoms with Gasteiger partial charge in [0.2, 0.25) is 0 Å². The molecule has 0 aliphatic carbocycles. The summed E-state index contributed by atoms with van der Waals surface area (Å²) < 4.78 is 35.4. The third-order valence-corrected chi connectivity index (χ3v) is 7.32. The van der Waals surface area contributed by atoms with Crippen molar-refractivity contribution in [2.45, 2.75) is 76.8 Å². The Kier molecular flexibility index (Phi) is 9.27. The molecule has 0 amide bonds. The van der Waals surface area contributed by atoms with E-state index in [1.165, 1.54) is 0 Å². The topological polar surface area (TPSA) is 81.2 Å². The normalized spacial score (nSPS) is 22.0. The maximum Gasteiger partial charge on any atom is 0.496 e. The van der Waals surface area contributed by atoms with Gasteiger partial charge in [0, 0.05) is 48.0 Å². The Morgan fingerprint density at radius 2 is 1.22 bits per heavy atom. The van der Waals surface area contributed by atoms with E-state index in [0.717, 1.165) is 73.5 Å². The van der Waals surface area contributed by atoms with E-state index in [2.05, 4.69) is 25.9 Å². The van der Waals surface area contributed by atoms with Crippen molar-refractivity contribution in [3.05, 3.63) is 41.4 Å². The SMILES string of the molecule is Brc1cncc(OC2CCOCC2)c1.CC1(C)OB(c2cncc(OC3CCOCC3)c2)OC1(C)C. The first kappa shape index (κ1) is 27.3. The minimum atomic E-state index is -0.407. The highest BCUT2D eigenvalue weighted by Gasteiger charge is 2.51. The molecule has 3 saturated heterocycles. The minimum Gasteiger partial charge on any atom is -0.489 e. The zero-order valence-corrected chi connectivity index (χ0v) is 23.2. The lowest BCUT2D eigenvalue weighted by Crippen LogP contribution is -2.41. The lowest BCUT2D eigenvalue weighted by atomic mass is 9.80. The molecule has 36 heavy (non-hydrogen) atoms. The molecule has 196 valence electrons. The van der Waals surface area contributed by atoms with Crippen molar-refractivity contribution in [1.82, 2.24) is 9.97 Å². The molecule has 0 spiro atoms. The molecule has 2 aromatic heterocycles. The molecular weight excluding hydrogens is 527 g/mol. The quantitative estimate of drug-likeness (QED) is 0.498. The van der Waals surface area contributed by atoms with Crippen LogP contribution in [0.4, 0.5) is 0 Å². The Hall–Kier alpha value is -1.72. The first-order valence-electron chi connectivity index (χ1n) is 12.6. The highest BCUT2D eigenvalue weighted by atomic mass is 79.9. The third kappa shape index (κ3) is 7.41. The predicted molar refractivity (Wildman–Crippen MR) is 141 cm³/mol. The summed E-state index contributed by atoms with van der Waals surface area (Å²) >= 11 is 3.36. The summed E-state index contributed by atoms with van der Waals surface area (Å²) in [6.07, 6.45) is 11.2. The number of nitrogens with zero attached hydrogens (tertiary/aromatic N) is 2. The van der Waals surface area contributed by atoms with Crippen LogP contribution in [0.5, 0.6) is 11.5 Å². The molecule has 3 aliphatic heterocycles. The summed E-state index contributed by atoms with van der Waals surface area (Å²) in [6, 6.07) is 3.90. The van der Waals surface area contributed by atoms with Crippen molar-refractivity contribution in [1.29, 1.82) is 0 Å². The zero-order chi connectivity index (χ0) is 25.6. The number of pyridine rings is 2. The van der Waals surface area contributed by atoms with Crippen molar-refractivity contribution >= 4 is 28.5 Å². The van der Waals surface area contributed by atoms with Gasteiger partial charge >= 0.3 is 7.12 Å². The number of aromatic nitrogens is 2. The van der Waals surface area contributed by atoms with Gasteiger partial charge in [0.15, 0.2) is 0 Å². The monoisotopic (exact) mass is 562 g/mol. The Labute approximate surface area is 222 Å². The standard InChI is InChI=1S/C16H24BNO4.C10H12BrNO2/c1-15(2)16(3,4)22-17(21-15)12-9-14(11-18-10-12)20-13-5-7-19-8-6-13;11-8-5-10(7-12-6-8)14-9-1-3-13-4-2-9/h9-11,13H,5-8H2,1-4H3;5-7,9H,1-4H2. The van der Waals surface area contributed by atoms with E-state index in [1.54, 1.807) is 24.8 Å². The number of hydrogen-bond donors (Lipinski definition) is 0. The fourth-order valence-corrected chi connectivity index (χ4v) is 4.38. The smallest absolute Gasteiger partial charge is 0.489 e. The van der Waals surface area contributed by atoms with Crippen molar-refractivity contribution < 1.29 is 28.3 Å². The second kappa shape index (κ2) is 12.2. The van der Waals surface area contributed by atoms with E-state index in [0.29, 0.717) is 0 Å². The van der Waals surface area contributed by atoms with Crippen LogP contribution in [-0.4, -0.2) is 66.9 Å². The Bertz CT molecular complexity index is 966. The van der Waals surface area contributed by atoms with Gasteiger partial charge in [0.05, 0.1) is 50.0 Å². The lowest BCUT2D eigenvalue weighted by Gasteiger charge is -2.32. The zero-order valence-electron chi connectivity index (χ0n) is 21.6. The van der Waals surface area contributed by atoms with Crippen LogP contribution in [0.25, 0.3) is 0 Å². The summed E-state index contributed by atoms with van der Waals surface area (Å²) in [6.45, 7) is 11.3. The minimum absolute atomic E-state index is 0.198. The van der Waals surface area contributed by atoms with Gasteiger partial charge in [0.25, 0.3) is 0 Å². The van der Waals surface area contributed by atoms with Gasteiger partial charge in [-0.2, -0.15) is 0 Å². The fraction of sp³-hybridized carbons (Fsp3) is 0.615. The van der Waals surface area contributed by atoms with E-state index < -0.39 is 7.12 Å². The molecule has 3 fully saturated rings. The predicted octanol–water partition coefficient (Wildman–Crippen LogP) is 4.34. The van der Waals surface area contributed by atoms with Gasteiger partial charge in [-0.15, -0.1) is 0 Å².